The van der Waals surface area contributed by atoms with Crippen LogP contribution < -0.4 is 10.6 Å². The molecule has 1 saturated heterocycles. The number of nitrogens with one attached hydrogen (secondary N) is 2. The van der Waals surface area contributed by atoms with E-state index in [2.05, 4.69) is 23.4 Å². The summed E-state index contributed by atoms with van der Waals surface area (Å²) >= 11 is 4.40. The number of piperidine rings is 1. The summed E-state index contributed by atoms with van der Waals surface area (Å²) in [7, 11) is 0. The maximum Gasteiger partial charge on any atom is 0.327 e. The molecule has 1 atom stereocenters. The fourth-order valence-corrected chi connectivity index (χ4v) is 4.86. The zero-order valence-corrected chi connectivity index (χ0v) is 17.6. The lowest BCUT2D eigenvalue weighted by Crippen LogP contribution is -2.52. The van der Waals surface area contributed by atoms with Crippen molar-refractivity contribution in [1.82, 2.24) is 19.8 Å². The van der Waals surface area contributed by atoms with E-state index in [9.17, 15) is 19.2 Å². The van der Waals surface area contributed by atoms with Crippen LogP contribution >= 0.6 is 12.8 Å². The topological polar surface area (TPSA) is 98.8 Å². The molecular weight excluding hydrogens is 404 g/mol. The van der Waals surface area contributed by atoms with Gasteiger partial charge in [0.25, 0.3) is 5.91 Å². The van der Waals surface area contributed by atoms with Crippen molar-refractivity contribution in [2.24, 2.45) is 0 Å². The van der Waals surface area contributed by atoms with E-state index in [1.807, 2.05) is 6.07 Å². The summed E-state index contributed by atoms with van der Waals surface area (Å²) in [4.78, 5) is 50.6. The number of nitrogens with zero attached hydrogens (tertiary/aromatic N) is 2. The van der Waals surface area contributed by atoms with Gasteiger partial charge in [-0.25, -0.2) is 4.79 Å². The van der Waals surface area contributed by atoms with Gasteiger partial charge in [0.1, 0.15) is 6.04 Å². The molecule has 160 valence electrons. The van der Waals surface area contributed by atoms with E-state index in [-0.39, 0.29) is 36.9 Å². The van der Waals surface area contributed by atoms with Crippen molar-refractivity contribution in [2.45, 2.75) is 70.1 Å². The fourth-order valence-electron chi connectivity index (χ4n) is 4.56. The average Bonchev–Trinajstić information content (AvgIpc) is 3.09. The predicted molar refractivity (Wildman–Crippen MR) is 112 cm³/mol. The third kappa shape index (κ3) is 4.03. The number of fused-ring (bicyclic) bond motifs is 1. The highest BCUT2D eigenvalue weighted by Crippen LogP contribution is 2.30. The zero-order valence-electron chi connectivity index (χ0n) is 16.7. The molecule has 2 aliphatic heterocycles. The maximum atomic E-state index is 12.9. The molecule has 1 unspecified atom stereocenters. The third-order valence-corrected chi connectivity index (χ3v) is 6.75. The van der Waals surface area contributed by atoms with Crippen molar-refractivity contribution in [3.63, 3.8) is 0 Å². The molecule has 1 aromatic rings. The Balaban J connectivity index is 1.43. The molecule has 5 amide bonds. The molecule has 0 radical (unpaired) electrons. The number of carbonyl (C=O) groups excluding carboxylic acids is 4. The number of thiol groups is 1. The van der Waals surface area contributed by atoms with Crippen molar-refractivity contribution in [1.29, 1.82) is 0 Å². The summed E-state index contributed by atoms with van der Waals surface area (Å²) in [5.74, 6) is -0.954. The minimum absolute atomic E-state index is 0.146. The Labute approximate surface area is 180 Å². The summed E-state index contributed by atoms with van der Waals surface area (Å²) in [6.45, 7) is 0.571. The van der Waals surface area contributed by atoms with Gasteiger partial charge in [-0.05, 0) is 36.5 Å². The molecule has 1 saturated carbocycles. The monoisotopic (exact) mass is 430 g/mol. The van der Waals surface area contributed by atoms with Crippen LogP contribution in [0.3, 0.4) is 0 Å². The second-order valence-corrected chi connectivity index (χ2v) is 8.57. The summed E-state index contributed by atoms with van der Waals surface area (Å²) in [6.07, 6.45) is 5.90. The zero-order chi connectivity index (χ0) is 21.3. The van der Waals surface area contributed by atoms with E-state index in [0.29, 0.717) is 18.5 Å². The Hall–Kier alpha value is -2.55. The number of amides is 5. The molecule has 30 heavy (non-hydrogen) atoms. The number of imide groups is 1. The van der Waals surface area contributed by atoms with Crippen molar-refractivity contribution in [3.8, 4) is 0 Å². The van der Waals surface area contributed by atoms with Crippen LogP contribution in [0.1, 0.15) is 66.4 Å². The molecule has 0 spiro atoms. The van der Waals surface area contributed by atoms with Crippen LogP contribution in [-0.4, -0.2) is 45.0 Å². The number of hydrogen-bond donors (Lipinski definition) is 3. The lowest BCUT2D eigenvalue weighted by molar-refractivity contribution is -0.136. The average molecular weight is 431 g/mol. The second-order valence-electron chi connectivity index (χ2n) is 8.14. The Morgan fingerprint density at radius 1 is 1.17 bits per heavy atom. The van der Waals surface area contributed by atoms with Gasteiger partial charge in [0.2, 0.25) is 11.8 Å². The molecule has 9 heteroatoms. The molecule has 3 aliphatic rings. The SMILES string of the molecule is O=C1CCC(N2Cc3c(CNC(=O)N(S)C4CCCCC4)cccc3C2=O)C(=O)N1. The van der Waals surface area contributed by atoms with Gasteiger partial charge >= 0.3 is 6.03 Å². The molecule has 4 rings (SSSR count). The van der Waals surface area contributed by atoms with Crippen LogP contribution in [0.25, 0.3) is 0 Å². The van der Waals surface area contributed by atoms with Gasteiger partial charge in [0, 0.05) is 31.1 Å². The van der Waals surface area contributed by atoms with Crippen molar-refractivity contribution >= 4 is 36.6 Å². The highest BCUT2D eigenvalue weighted by Gasteiger charge is 2.39. The molecule has 8 nitrogen and oxygen atoms in total. The summed E-state index contributed by atoms with van der Waals surface area (Å²) in [5, 5.41) is 5.22. The lowest BCUT2D eigenvalue weighted by atomic mass is 9.96. The van der Waals surface area contributed by atoms with Gasteiger partial charge in [-0.1, -0.05) is 44.2 Å². The van der Waals surface area contributed by atoms with Crippen molar-refractivity contribution in [2.75, 3.05) is 0 Å². The molecule has 0 aromatic heterocycles. The number of hydrogen-bond acceptors (Lipinski definition) is 5. The largest absolute Gasteiger partial charge is 0.333 e. The van der Waals surface area contributed by atoms with Crippen LogP contribution in [0.5, 0.6) is 0 Å². The first-order valence-electron chi connectivity index (χ1n) is 10.5. The van der Waals surface area contributed by atoms with Gasteiger partial charge in [-0.15, -0.1) is 0 Å². The third-order valence-electron chi connectivity index (χ3n) is 6.24. The first-order chi connectivity index (χ1) is 14.5. The minimum Gasteiger partial charge on any atom is -0.333 e. The summed E-state index contributed by atoms with van der Waals surface area (Å²) in [5.41, 5.74) is 2.20. The van der Waals surface area contributed by atoms with Crippen molar-refractivity contribution in [3.05, 3.63) is 34.9 Å². The molecular formula is C21H26N4O4S. The summed E-state index contributed by atoms with van der Waals surface area (Å²) < 4.78 is 1.49. The number of benzene rings is 1. The number of urea groups is 1. The molecule has 0 bridgehead atoms. The molecule has 1 aromatic carbocycles. The molecule has 2 N–H and O–H groups in total. The predicted octanol–water partition coefficient (Wildman–Crippen LogP) is 2.14. The Kier molecular flexibility index (Phi) is 5.99. The van der Waals surface area contributed by atoms with Crippen LogP contribution in [0.15, 0.2) is 18.2 Å². The van der Waals surface area contributed by atoms with Gasteiger partial charge in [-0.2, -0.15) is 0 Å². The van der Waals surface area contributed by atoms with Gasteiger partial charge in [-0.3, -0.25) is 24.0 Å². The van der Waals surface area contributed by atoms with Gasteiger partial charge in [0.15, 0.2) is 0 Å². The van der Waals surface area contributed by atoms with Crippen LogP contribution in [0.4, 0.5) is 4.79 Å². The highest BCUT2D eigenvalue weighted by molar-refractivity contribution is 7.78. The number of rotatable bonds is 4. The van der Waals surface area contributed by atoms with Crippen LogP contribution in [0, 0.1) is 0 Å². The van der Waals surface area contributed by atoms with Crippen LogP contribution in [0.2, 0.25) is 0 Å². The fraction of sp³-hybridized carbons (Fsp3) is 0.524. The molecule has 2 fully saturated rings. The Morgan fingerprint density at radius 2 is 1.93 bits per heavy atom. The molecule has 2 heterocycles. The standard InChI is InChI=1S/C21H26N4O4S/c26-18-10-9-17(19(27)23-18)24-12-16-13(5-4-8-15(16)20(24)28)11-22-21(29)25(30)14-6-2-1-3-7-14/h4-5,8,14,17,30H,1-3,6-7,9-12H2,(H,22,29)(H,23,26,27). The van der Waals surface area contributed by atoms with E-state index < -0.39 is 11.9 Å². The van der Waals surface area contributed by atoms with E-state index in [0.717, 1.165) is 36.8 Å². The Bertz CT molecular complexity index is 884. The minimum atomic E-state index is -0.649. The van der Waals surface area contributed by atoms with E-state index >= 15 is 0 Å². The Morgan fingerprint density at radius 3 is 2.67 bits per heavy atom. The maximum absolute atomic E-state index is 12.9. The lowest BCUT2D eigenvalue weighted by Gasteiger charge is -2.30. The van der Waals surface area contributed by atoms with E-state index in [4.69, 9.17) is 0 Å². The van der Waals surface area contributed by atoms with Gasteiger partial charge < -0.3 is 10.2 Å². The highest BCUT2D eigenvalue weighted by atomic mass is 32.1. The quantitative estimate of drug-likeness (QED) is 0.503. The normalized spacial score (nSPS) is 22.0. The molecule has 1 aliphatic carbocycles. The van der Waals surface area contributed by atoms with Crippen LogP contribution in [-0.2, 0) is 22.7 Å². The van der Waals surface area contributed by atoms with Crippen molar-refractivity contribution < 1.29 is 19.2 Å². The van der Waals surface area contributed by atoms with Gasteiger partial charge in [0.05, 0.1) is 0 Å². The first-order valence-corrected chi connectivity index (χ1v) is 10.9. The second kappa shape index (κ2) is 8.67. The summed E-state index contributed by atoms with van der Waals surface area (Å²) in [6, 6.07) is 4.66. The first kappa shape index (κ1) is 20.7. The smallest absolute Gasteiger partial charge is 0.327 e. The number of carbonyl (C=O) groups is 4. The van der Waals surface area contributed by atoms with E-state index in [1.165, 1.54) is 15.6 Å². The van der Waals surface area contributed by atoms with E-state index in [1.54, 1.807) is 12.1 Å².